The van der Waals surface area contributed by atoms with Crippen molar-refractivity contribution < 1.29 is 14.1 Å². The highest BCUT2D eigenvalue weighted by Crippen LogP contribution is 2.25. The van der Waals surface area contributed by atoms with Gasteiger partial charge in [-0.2, -0.15) is 0 Å². The minimum atomic E-state index is -0.420. The Labute approximate surface area is 158 Å². The first-order valence-electron chi connectivity index (χ1n) is 9.67. The van der Waals surface area contributed by atoms with Crippen LogP contribution in [-0.2, 0) is 6.54 Å². The minimum Gasteiger partial charge on any atom is -0.358 e. The van der Waals surface area contributed by atoms with Gasteiger partial charge in [0.2, 0.25) is 5.43 Å². The minimum absolute atomic E-state index is 0.0631. The summed E-state index contributed by atoms with van der Waals surface area (Å²) in [5.41, 5.74) is 0.835. The lowest BCUT2D eigenvalue weighted by atomic mass is 10.1. The maximum absolute atomic E-state index is 14.9. The van der Waals surface area contributed by atoms with Crippen molar-refractivity contribution in [2.24, 2.45) is 0 Å². The number of anilines is 1. The predicted molar refractivity (Wildman–Crippen MR) is 105 cm³/mol. The van der Waals surface area contributed by atoms with Gasteiger partial charge in [-0.3, -0.25) is 9.59 Å². The molecular weight excluding hydrogens is 347 g/mol. The summed E-state index contributed by atoms with van der Waals surface area (Å²) in [5, 5.41) is 2.98. The molecule has 0 unspecified atom stereocenters. The molecule has 0 aliphatic carbocycles. The smallest absolute Gasteiger partial charge is 0.256 e. The van der Waals surface area contributed by atoms with Crippen molar-refractivity contribution >= 4 is 22.5 Å². The molecule has 1 aromatic heterocycles. The number of pyridine rings is 1. The Balaban J connectivity index is 2.09. The van der Waals surface area contributed by atoms with Crippen LogP contribution in [0.1, 0.15) is 30.6 Å². The molecule has 1 amide bonds. The molecule has 1 aliphatic rings. The Morgan fingerprint density at radius 1 is 1.26 bits per heavy atom. The van der Waals surface area contributed by atoms with Crippen molar-refractivity contribution in [3.8, 4) is 0 Å². The van der Waals surface area contributed by atoms with Gasteiger partial charge in [0.05, 0.1) is 44.4 Å². The van der Waals surface area contributed by atoms with E-state index >= 15 is 0 Å². The maximum Gasteiger partial charge on any atom is 0.256 e. The number of nitrogens with zero attached hydrogens (tertiary/aromatic N) is 2. The summed E-state index contributed by atoms with van der Waals surface area (Å²) in [7, 11) is 2.13. The second-order valence-electron chi connectivity index (χ2n) is 7.18. The van der Waals surface area contributed by atoms with Gasteiger partial charge in [0, 0.05) is 24.7 Å². The second kappa shape index (κ2) is 8.08. The van der Waals surface area contributed by atoms with Gasteiger partial charge in [-0.15, -0.1) is 0 Å². The predicted octanol–water partition coefficient (Wildman–Crippen LogP) is 0.635. The molecule has 2 heterocycles. The van der Waals surface area contributed by atoms with Crippen molar-refractivity contribution in [3.05, 3.63) is 39.9 Å². The van der Waals surface area contributed by atoms with E-state index in [1.165, 1.54) is 11.0 Å². The van der Waals surface area contributed by atoms with Crippen LogP contribution in [0.25, 0.3) is 10.9 Å². The summed E-state index contributed by atoms with van der Waals surface area (Å²) < 4.78 is 16.7. The molecule has 1 aliphatic heterocycles. The molecule has 1 saturated heterocycles. The Hall–Kier alpha value is -2.41. The summed E-state index contributed by atoms with van der Waals surface area (Å²) in [4.78, 5) is 28.6. The van der Waals surface area contributed by atoms with Crippen molar-refractivity contribution in [1.82, 2.24) is 9.88 Å². The molecule has 0 atom stereocenters. The number of aromatic nitrogens is 1. The largest absolute Gasteiger partial charge is 0.358 e. The van der Waals surface area contributed by atoms with Crippen LogP contribution < -0.4 is 20.5 Å². The number of fused-ring (bicyclic) bond motifs is 1. The summed E-state index contributed by atoms with van der Waals surface area (Å²) >= 11 is 0. The van der Waals surface area contributed by atoms with Crippen LogP contribution in [0.4, 0.5) is 10.1 Å². The number of rotatable bonds is 5. The number of quaternary nitrogens is 1. The molecule has 6 nitrogen and oxygen atoms in total. The first kappa shape index (κ1) is 19.4. The van der Waals surface area contributed by atoms with Crippen LogP contribution in [0.3, 0.4) is 0 Å². The number of piperazine rings is 1. The van der Waals surface area contributed by atoms with Gasteiger partial charge in [-0.05, 0) is 25.5 Å². The average molecular weight is 375 g/mol. The van der Waals surface area contributed by atoms with E-state index in [1.54, 1.807) is 12.3 Å². The van der Waals surface area contributed by atoms with E-state index in [0.717, 1.165) is 32.6 Å². The topological polar surface area (TPSA) is 58.8 Å². The Morgan fingerprint density at radius 2 is 1.96 bits per heavy atom. The standard InChI is InChI=1S/C20H27FN4O2/c1-4-6-22-20(27)15-13-24(5-2)17-12-18(16(21)11-14(17)19(15)26)25-9-7-23(3)8-10-25/h11-13H,4-10H2,1-3H3,(H,22,27)/p+1. The zero-order chi connectivity index (χ0) is 19.6. The summed E-state index contributed by atoms with van der Waals surface area (Å²) in [6, 6.07) is 3.05. The van der Waals surface area contributed by atoms with Crippen LogP contribution >= 0.6 is 0 Å². The second-order valence-corrected chi connectivity index (χ2v) is 7.18. The fourth-order valence-corrected chi connectivity index (χ4v) is 3.53. The third-order valence-corrected chi connectivity index (χ3v) is 5.23. The third-order valence-electron chi connectivity index (χ3n) is 5.23. The van der Waals surface area contributed by atoms with Crippen LogP contribution in [0, 0.1) is 5.82 Å². The highest BCUT2D eigenvalue weighted by atomic mass is 19.1. The quantitative estimate of drug-likeness (QED) is 0.806. The van der Waals surface area contributed by atoms with Gasteiger partial charge in [-0.25, -0.2) is 4.39 Å². The number of carbonyl (C=O) groups excluding carboxylic acids is 1. The van der Waals surface area contributed by atoms with Crippen molar-refractivity contribution in [2.75, 3.05) is 44.7 Å². The number of benzene rings is 1. The number of likely N-dealkylation sites (N-methyl/N-ethyl adjacent to an activating group) is 1. The first-order valence-corrected chi connectivity index (χ1v) is 9.67. The molecule has 3 rings (SSSR count). The van der Waals surface area contributed by atoms with E-state index in [9.17, 15) is 14.0 Å². The zero-order valence-corrected chi connectivity index (χ0v) is 16.3. The Bertz CT molecular complexity index is 901. The molecule has 0 saturated carbocycles. The van der Waals surface area contributed by atoms with Crippen LogP contribution in [0.2, 0.25) is 0 Å². The molecule has 2 N–H and O–H groups in total. The number of hydrogen-bond acceptors (Lipinski definition) is 3. The molecule has 0 radical (unpaired) electrons. The van der Waals surface area contributed by atoms with Gasteiger partial charge in [0.15, 0.2) is 0 Å². The zero-order valence-electron chi connectivity index (χ0n) is 16.3. The fraction of sp³-hybridized carbons (Fsp3) is 0.500. The van der Waals surface area contributed by atoms with Gasteiger partial charge in [-0.1, -0.05) is 6.92 Å². The monoisotopic (exact) mass is 375 g/mol. The number of carbonyl (C=O) groups is 1. The van der Waals surface area contributed by atoms with Crippen molar-refractivity contribution in [1.29, 1.82) is 0 Å². The lowest BCUT2D eigenvalue weighted by Crippen LogP contribution is -3.12. The lowest BCUT2D eigenvalue weighted by molar-refractivity contribution is -0.880. The van der Waals surface area contributed by atoms with E-state index in [4.69, 9.17) is 0 Å². The first-order chi connectivity index (χ1) is 13.0. The lowest BCUT2D eigenvalue weighted by Gasteiger charge is -2.32. The number of hydrogen-bond donors (Lipinski definition) is 2. The van der Waals surface area contributed by atoms with Crippen LogP contribution in [-0.4, -0.2) is 50.2 Å². The SMILES string of the molecule is CCCNC(=O)c1cn(CC)c2cc(N3CC[NH+](C)CC3)c(F)cc2c1=O. The average Bonchev–Trinajstić information content (AvgIpc) is 2.67. The number of nitrogens with one attached hydrogen (secondary N) is 2. The highest BCUT2D eigenvalue weighted by molar-refractivity contribution is 5.97. The van der Waals surface area contributed by atoms with Gasteiger partial charge in [0.25, 0.3) is 5.91 Å². The molecule has 7 heteroatoms. The van der Waals surface area contributed by atoms with Crippen molar-refractivity contribution in [2.45, 2.75) is 26.8 Å². The van der Waals surface area contributed by atoms with E-state index in [0.29, 0.717) is 24.3 Å². The van der Waals surface area contributed by atoms with Gasteiger partial charge >= 0.3 is 0 Å². The Morgan fingerprint density at radius 3 is 2.59 bits per heavy atom. The molecule has 0 spiro atoms. The number of amides is 1. The summed E-state index contributed by atoms with van der Waals surface area (Å²) in [6.45, 7) is 8.44. The molecular formula is C20H28FN4O2+. The van der Waals surface area contributed by atoms with E-state index < -0.39 is 17.2 Å². The van der Waals surface area contributed by atoms with Gasteiger partial charge in [0.1, 0.15) is 11.4 Å². The number of aryl methyl sites for hydroxylation is 1. The third kappa shape index (κ3) is 3.83. The summed E-state index contributed by atoms with van der Waals surface area (Å²) in [5.74, 6) is -0.814. The number of halogens is 1. The normalized spacial score (nSPS) is 15.3. The Kier molecular flexibility index (Phi) is 5.79. The fourth-order valence-electron chi connectivity index (χ4n) is 3.53. The molecule has 0 bridgehead atoms. The van der Waals surface area contributed by atoms with Crippen LogP contribution in [0.5, 0.6) is 0 Å². The molecule has 2 aromatic rings. The van der Waals surface area contributed by atoms with E-state index in [-0.39, 0.29) is 10.9 Å². The van der Waals surface area contributed by atoms with E-state index in [2.05, 4.69) is 12.4 Å². The van der Waals surface area contributed by atoms with Gasteiger partial charge < -0.3 is 19.7 Å². The highest BCUT2D eigenvalue weighted by Gasteiger charge is 2.22. The van der Waals surface area contributed by atoms with Crippen LogP contribution in [0.15, 0.2) is 23.1 Å². The molecule has 27 heavy (non-hydrogen) atoms. The summed E-state index contributed by atoms with van der Waals surface area (Å²) in [6.07, 6.45) is 2.37. The molecule has 146 valence electrons. The maximum atomic E-state index is 14.9. The van der Waals surface area contributed by atoms with E-state index in [1.807, 2.05) is 23.3 Å². The molecule has 1 aromatic carbocycles. The van der Waals surface area contributed by atoms with Crippen molar-refractivity contribution in [3.63, 3.8) is 0 Å². The molecule has 1 fully saturated rings.